The zero-order valence-corrected chi connectivity index (χ0v) is 11.6. The van der Waals surface area contributed by atoms with Crippen molar-refractivity contribution in [3.8, 4) is 0 Å². The number of nitrogens with two attached hydrogens (primary N) is 1. The van der Waals surface area contributed by atoms with E-state index in [0.29, 0.717) is 13.0 Å². The number of aromatic nitrogens is 3. The standard InChI is InChI=1S/C11H13F2N5O2S/c12-8-2-3-9(10(13)11(8)14)21(19,20)16-4-1-6-18-7-5-15-17-18/h2-3,5,7,16H,1,4,6,14H2. The van der Waals surface area contributed by atoms with Crippen molar-refractivity contribution in [1.29, 1.82) is 0 Å². The topological polar surface area (TPSA) is 103 Å². The summed E-state index contributed by atoms with van der Waals surface area (Å²) < 4.78 is 54.3. The van der Waals surface area contributed by atoms with Crippen molar-refractivity contribution >= 4 is 15.7 Å². The maximum atomic E-state index is 13.7. The second kappa shape index (κ2) is 6.14. The predicted octanol–water partition coefficient (Wildman–Crippen LogP) is 0.507. The molecular formula is C11H13F2N5O2S. The number of halogens is 2. The van der Waals surface area contributed by atoms with E-state index in [1.54, 1.807) is 6.20 Å². The fourth-order valence-corrected chi connectivity index (χ4v) is 2.80. The number of hydrogen-bond donors (Lipinski definition) is 2. The van der Waals surface area contributed by atoms with Gasteiger partial charge in [-0.15, -0.1) is 5.10 Å². The normalized spacial score (nSPS) is 11.7. The Morgan fingerprint density at radius 2 is 2.10 bits per heavy atom. The molecule has 2 rings (SSSR count). The minimum atomic E-state index is -4.09. The lowest BCUT2D eigenvalue weighted by molar-refractivity contribution is 0.532. The van der Waals surface area contributed by atoms with Gasteiger partial charge in [0.15, 0.2) is 5.82 Å². The number of nitrogens with zero attached hydrogens (tertiary/aromatic N) is 3. The lowest BCUT2D eigenvalue weighted by atomic mass is 10.3. The number of rotatable bonds is 6. The van der Waals surface area contributed by atoms with E-state index in [1.165, 1.54) is 10.9 Å². The Morgan fingerprint density at radius 1 is 1.33 bits per heavy atom. The molecule has 0 fully saturated rings. The van der Waals surface area contributed by atoms with Gasteiger partial charge in [0.1, 0.15) is 16.4 Å². The lowest BCUT2D eigenvalue weighted by Crippen LogP contribution is -2.27. The molecule has 1 heterocycles. The first-order valence-corrected chi connectivity index (χ1v) is 7.47. The molecule has 0 saturated carbocycles. The summed E-state index contributed by atoms with van der Waals surface area (Å²) in [6.07, 6.45) is 3.57. The fraction of sp³-hybridized carbons (Fsp3) is 0.273. The van der Waals surface area contributed by atoms with Crippen molar-refractivity contribution in [2.24, 2.45) is 0 Å². The van der Waals surface area contributed by atoms with Crippen LogP contribution in [0.3, 0.4) is 0 Å². The molecule has 10 heteroatoms. The lowest BCUT2D eigenvalue weighted by Gasteiger charge is -2.09. The van der Waals surface area contributed by atoms with Gasteiger partial charge in [0.05, 0.1) is 6.20 Å². The number of anilines is 1. The molecule has 0 amide bonds. The van der Waals surface area contributed by atoms with Gasteiger partial charge in [-0.05, 0) is 18.6 Å². The van der Waals surface area contributed by atoms with E-state index in [2.05, 4.69) is 15.0 Å². The Kier molecular flexibility index (Phi) is 4.48. The zero-order chi connectivity index (χ0) is 15.5. The van der Waals surface area contributed by atoms with Crippen LogP contribution in [0.2, 0.25) is 0 Å². The van der Waals surface area contributed by atoms with Crippen molar-refractivity contribution in [2.75, 3.05) is 12.3 Å². The van der Waals surface area contributed by atoms with Crippen molar-refractivity contribution in [3.63, 3.8) is 0 Å². The van der Waals surface area contributed by atoms with Crippen LogP contribution >= 0.6 is 0 Å². The first-order valence-electron chi connectivity index (χ1n) is 5.99. The van der Waals surface area contributed by atoms with Crippen LogP contribution in [0.15, 0.2) is 29.4 Å². The summed E-state index contributed by atoms with van der Waals surface area (Å²) in [7, 11) is -4.09. The Balaban J connectivity index is 2.00. The average molecular weight is 317 g/mol. The molecule has 7 nitrogen and oxygen atoms in total. The fourth-order valence-electron chi connectivity index (χ4n) is 1.63. The van der Waals surface area contributed by atoms with Gasteiger partial charge >= 0.3 is 0 Å². The summed E-state index contributed by atoms with van der Waals surface area (Å²) in [4.78, 5) is -0.679. The van der Waals surface area contributed by atoms with Crippen LogP contribution in [-0.4, -0.2) is 30.0 Å². The number of benzene rings is 1. The molecule has 2 aromatic rings. The molecule has 1 aromatic carbocycles. The van der Waals surface area contributed by atoms with Crippen molar-refractivity contribution in [1.82, 2.24) is 19.7 Å². The highest BCUT2D eigenvalue weighted by Gasteiger charge is 2.22. The molecule has 0 radical (unpaired) electrons. The van der Waals surface area contributed by atoms with Gasteiger partial charge in [0.25, 0.3) is 0 Å². The summed E-state index contributed by atoms with van der Waals surface area (Å²) in [5, 5.41) is 7.32. The monoisotopic (exact) mass is 317 g/mol. The molecule has 3 N–H and O–H groups in total. The number of nitrogen functional groups attached to an aromatic ring is 1. The van der Waals surface area contributed by atoms with Gasteiger partial charge < -0.3 is 5.73 Å². The highest BCUT2D eigenvalue weighted by atomic mass is 32.2. The van der Waals surface area contributed by atoms with Crippen molar-refractivity contribution in [2.45, 2.75) is 17.9 Å². The molecule has 0 bridgehead atoms. The molecule has 0 aliphatic heterocycles. The molecule has 0 unspecified atom stereocenters. The van der Waals surface area contributed by atoms with Gasteiger partial charge in [-0.2, -0.15) is 0 Å². The van der Waals surface area contributed by atoms with Gasteiger partial charge in [0, 0.05) is 19.3 Å². The minimum absolute atomic E-state index is 0.0684. The molecule has 21 heavy (non-hydrogen) atoms. The molecule has 0 saturated heterocycles. The van der Waals surface area contributed by atoms with Crippen LogP contribution in [0.1, 0.15) is 6.42 Å². The van der Waals surface area contributed by atoms with E-state index in [0.717, 1.165) is 12.1 Å². The third-order valence-electron chi connectivity index (χ3n) is 2.71. The number of hydrogen-bond acceptors (Lipinski definition) is 5. The minimum Gasteiger partial charge on any atom is -0.394 e. The number of nitrogens with one attached hydrogen (secondary N) is 1. The summed E-state index contributed by atoms with van der Waals surface area (Å²) in [6.45, 7) is 0.523. The highest BCUT2D eigenvalue weighted by Crippen LogP contribution is 2.22. The maximum absolute atomic E-state index is 13.7. The van der Waals surface area contributed by atoms with E-state index in [4.69, 9.17) is 5.73 Å². The largest absolute Gasteiger partial charge is 0.394 e. The summed E-state index contributed by atoms with van der Waals surface area (Å²) in [5.74, 6) is -2.29. The van der Waals surface area contributed by atoms with E-state index >= 15 is 0 Å². The zero-order valence-electron chi connectivity index (χ0n) is 10.8. The van der Waals surface area contributed by atoms with Gasteiger partial charge in [-0.25, -0.2) is 21.9 Å². The summed E-state index contributed by atoms with van der Waals surface area (Å²) in [6, 6.07) is 1.64. The maximum Gasteiger partial charge on any atom is 0.243 e. The van der Waals surface area contributed by atoms with Gasteiger partial charge in [-0.3, -0.25) is 4.68 Å². The molecule has 0 atom stereocenters. The van der Waals surface area contributed by atoms with Crippen LogP contribution in [-0.2, 0) is 16.6 Å². The third-order valence-corrected chi connectivity index (χ3v) is 4.19. The molecule has 0 spiro atoms. The van der Waals surface area contributed by atoms with Crippen LogP contribution in [0.25, 0.3) is 0 Å². The second-order valence-electron chi connectivity index (χ2n) is 4.19. The average Bonchev–Trinajstić information content (AvgIpc) is 2.94. The Bertz CT molecular complexity index is 718. The van der Waals surface area contributed by atoms with E-state index < -0.39 is 32.2 Å². The van der Waals surface area contributed by atoms with Gasteiger partial charge in [0.2, 0.25) is 10.0 Å². The summed E-state index contributed by atoms with van der Waals surface area (Å²) >= 11 is 0. The second-order valence-corrected chi connectivity index (χ2v) is 5.93. The summed E-state index contributed by atoms with van der Waals surface area (Å²) in [5.41, 5.74) is 4.32. The van der Waals surface area contributed by atoms with Gasteiger partial charge in [-0.1, -0.05) is 5.21 Å². The Hall–Kier alpha value is -2.07. The first kappa shape index (κ1) is 15.3. The molecule has 114 valence electrons. The van der Waals surface area contributed by atoms with Crippen LogP contribution < -0.4 is 10.5 Å². The Labute approximate surface area is 119 Å². The van der Waals surface area contributed by atoms with E-state index in [-0.39, 0.29) is 6.54 Å². The molecule has 0 aliphatic rings. The van der Waals surface area contributed by atoms with Crippen LogP contribution in [0.5, 0.6) is 0 Å². The van der Waals surface area contributed by atoms with Crippen LogP contribution in [0, 0.1) is 11.6 Å². The van der Waals surface area contributed by atoms with Crippen LogP contribution in [0.4, 0.5) is 14.5 Å². The first-order chi connectivity index (χ1) is 9.92. The third kappa shape index (κ3) is 3.52. The number of aryl methyl sites for hydroxylation is 1. The van der Waals surface area contributed by atoms with Crippen molar-refractivity contribution < 1.29 is 17.2 Å². The van der Waals surface area contributed by atoms with Crippen molar-refractivity contribution in [3.05, 3.63) is 36.2 Å². The number of sulfonamides is 1. The molecule has 1 aromatic heterocycles. The quantitative estimate of drug-likeness (QED) is 0.597. The molecule has 0 aliphatic carbocycles. The highest BCUT2D eigenvalue weighted by molar-refractivity contribution is 7.89. The SMILES string of the molecule is Nc1c(F)ccc(S(=O)(=O)NCCCn2ccnn2)c1F. The van der Waals surface area contributed by atoms with E-state index in [9.17, 15) is 17.2 Å². The Morgan fingerprint density at radius 3 is 2.76 bits per heavy atom. The van der Waals surface area contributed by atoms with E-state index in [1.807, 2.05) is 0 Å². The molecular weight excluding hydrogens is 304 g/mol. The smallest absolute Gasteiger partial charge is 0.243 e. The predicted molar refractivity (Wildman–Crippen MR) is 70.6 cm³/mol.